The van der Waals surface area contributed by atoms with Crippen molar-refractivity contribution in [3.8, 4) is 0 Å². The van der Waals surface area contributed by atoms with Gasteiger partial charge in [-0.2, -0.15) is 0 Å². The fraction of sp³-hybridized carbons (Fsp3) is 0.385. The fourth-order valence-electron chi connectivity index (χ4n) is 1.59. The first-order valence-corrected chi connectivity index (χ1v) is 6.26. The Labute approximate surface area is 110 Å². The van der Waals surface area contributed by atoms with E-state index in [4.69, 9.17) is 0 Å². The number of halogens is 1. The molecule has 0 aliphatic carbocycles. The van der Waals surface area contributed by atoms with Crippen molar-refractivity contribution in [2.45, 2.75) is 24.6 Å². The van der Waals surface area contributed by atoms with Gasteiger partial charge in [0.2, 0.25) is 0 Å². The van der Waals surface area contributed by atoms with Gasteiger partial charge in [0.15, 0.2) is 10.1 Å². The highest BCUT2D eigenvalue weighted by molar-refractivity contribution is 9.10. The molecule has 1 aromatic rings. The number of para-hydroxylation sites is 1. The molecule has 0 fully saturated rings. The largest absolute Gasteiger partial charge is 0.314 e. The highest BCUT2D eigenvalue weighted by Crippen LogP contribution is 2.28. The Morgan fingerprint density at radius 2 is 1.82 bits per heavy atom. The Kier molecular flexibility index (Phi) is 4.46. The minimum absolute atomic E-state index is 0.173. The van der Waals surface area contributed by atoms with Crippen LogP contribution in [0.25, 0.3) is 0 Å². The number of anilines is 1. The van der Waals surface area contributed by atoms with Crippen LogP contribution < -0.4 is 4.90 Å². The summed E-state index contributed by atoms with van der Waals surface area (Å²) >= 11 is 3.27. The van der Waals surface area contributed by atoms with Gasteiger partial charge in [-0.25, -0.2) is 0 Å². The molecule has 0 aliphatic rings. The number of nitrogens with zero attached hydrogens (tertiary/aromatic N) is 1. The highest BCUT2D eigenvalue weighted by atomic mass is 79.9. The van der Waals surface area contributed by atoms with Gasteiger partial charge in [0.1, 0.15) is 0 Å². The third-order valence-corrected chi connectivity index (χ3v) is 4.29. The Morgan fingerprint density at radius 1 is 1.29 bits per heavy atom. The molecule has 17 heavy (non-hydrogen) atoms. The summed E-state index contributed by atoms with van der Waals surface area (Å²) in [5.41, 5.74) is 0.774. The molecular weight excluding hydrogens is 282 g/mol. The topological polar surface area (TPSA) is 37.4 Å². The lowest BCUT2D eigenvalue weighted by atomic mass is 10.00. The average Bonchev–Trinajstić information content (AvgIpc) is 2.36. The molecule has 3 nitrogen and oxygen atoms in total. The number of carbonyl (C=O) groups is 2. The molecule has 0 saturated carbocycles. The number of hydrogen-bond acceptors (Lipinski definition) is 2. The summed E-state index contributed by atoms with van der Waals surface area (Å²) in [5.74, 6) is -0.411. The molecule has 1 amide bonds. The summed E-state index contributed by atoms with van der Waals surface area (Å²) in [6, 6.07) is 9.26. The Bertz CT molecular complexity index is 419. The first kappa shape index (κ1) is 13.9. The molecule has 0 N–H and O–H groups in total. The van der Waals surface area contributed by atoms with Crippen LogP contribution in [0.2, 0.25) is 0 Å². The van der Waals surface area contributed by atoms with Crippen molar-refractivity contribution in [1.29, 1.82) is 0 Å². The van der Waals surface area contributed by atoms with Gasteiger partial charge in [0.05, 0.1) is 0 Å². The van der Waals surface area contributed by atoms with Crippen molar-refractivity contribution in [1.82, 2.24) is 0 Å². The second-order valence-electron chi connectivity index (χ2n) is 3.91. The first-order chi connectivity index (χ1) is 7.93. The zero-order valence-electron chi connectivity index (χ0n) is 10.2. The van der Waals surface area contributed by atoms with E-state index in [0.29, 0.717) is 6.42 Å². The lowest BCUT2D eigenvalue weighted by molar-refractivity contribution is -0.128. The minimum Gasteiger partial charge on any atom is -0.314 e. The van der Waals surface area contributed by atoms with Gasteiger partial charge >= 0.3 is 0 Å². The molecule has 0 saturated heterocycles. The predicted molar refractivity (Wildman–Crippen MR) is 72.5 cm³/mol. The number of alkyl halides is 1. The molecule has 0 aliphatic heterocycles. The van der Waals surface area contributed by atoms with Crippen molar-refractivity contribution in [2.75, 3.05) is 11.9 Å². The number of ketones is 1. The van der Waals surface area contributed by atoms with Crippen molar-refractivity contribution < 1.29 is 9.59 Å². The summed E-state index contributed by atoms with van der Waals surface area (Å²) in [6.45, 7) is 3.24. The standard InChI is InChI=1S/C13H16BrNO2/c1-4-13(14,10(2)16)12(17)15(3)11-8-6-5-7-9-11/h5-9H,4H2,1-3H3. The second-order valence-corrected chi connectivity index (χ2v) is 5.26. The summed E-state index contributed by atoms with van der Waals surface area (Å²) in [7, 11) is 1.67. The first-order valence-electron chi connectivity index (χ1n) is 5.46. The normalized spacial score (nSPS) is 13.9. The lowest BCUT2D eigenvalue weighted by Gasteiger charge is -2.28. The summed E-state index contributed by atoms with van der Waals surface area (Å²) in [4.78, 5) is 25.4. The van der Waals surface area contributed by atoms with Crippen LogP contribution in [-0.2, 0) is 9.59 Å². The number of rotatable bonds is 4. The maximum Gasteiger partial charge on any atom is 0.251 e. The van der Waals surface area contributed by atoms with Gasteiger partial charge in [0, 0.05) is 12.7 Å². The molecule has 92 valence electrons. The van der Waals surface area contributed by atoms with Crippen molar-refractivity contribution in [3.63, 3.8) is 0 Å². The molecule has 0 bridgehead atoms. The molecule has 4 heteroatoms. The average molecular weight is 298 g/mol. The van der Waals surface area contributed by atoms with E-state index in [1.807, 2.05) is 37.3 Å². The van der Waals surface area contributed by atoms with Crippen LogP contribution in [0.3, 0.4) is 0 Å². The van der Waals surface area contributed by atoms with Crippen LogP contribution in [0.4, 0.5) is 5.69 Å². The van der Waals surface area contributed by atoms with Crippen molar-refractivity contribution >= 4 is 33.3 Å². The quantitative estimate of drug-likeness (QED) is 0.633. The summed E-state index contributed by atoms with van der Waals surface area (Å²) < 4.78 is -1.11. The van der Waals surface area contributed by atoms with Gasteiger partial charge in [-0.3, -0.25) is 9.59 Å². The third-order valence-electron chi connectivity index (χ3n) is 2.83. The third kappa shape index (κ3) is 2.75. The molecule has 0 aromatic heterocycles. The number of benzene rings is 1. The van der Waals surface area contributed by atoms with E-state index in [2.05, 4.69) is 15.9 Å². The molecule has 1 atom stereocenters. The van der Waals surface area contributed by atoms with Gasteiger partial charge in [-0.15, -0.1) is 0 Å². The minimum atomic E-state index is -1.11. The van der Waals surface area contributed by atoms with Crippen LogP contribution in [-0.4, -0.2) is 23.1 Å². The van der Waals surface area contributed by atoms with Gasteiger partial charge in [0.25, 0.3) is 5.91 Å². The zero-order valence-corrected chi connectivity index (χ0v) is 11.8. The molecule has 0 radical (unpaired) electrons. The van der Waals surface area contributed by atoms with E-state index in [1.54, 1.807) is 7.05 Å². The maximum atomic E-state index is 12.3. The number of hydrogen-bond donors (Lipinski definition) is 0. The summed E-state index contributed by atoms with van der Waals surface area (Å²) in [5, 5.41) is 0. The zero-order chi connectivity index (χ0) is 13.1. The van der Waals surface area contributed by atoms with Crippen LogP contribution in [0.5, 0.6) is 0 Å². The molecule has 1 aromatic carbocycles. The SMILES string of the molecule is CCC(Br)(C(C)=O)C(=O)N(C)c1ccccc1. The van der Waals surface area contributed by atoms with Crippen LogP contribution in [0, 0.1) is 0 Å². The number of Topliss-reactive ketones (excluding diaryl/α,β-unsaturated/α-hetero) is 1. The van der Waals surface area contributed by atoms with Crippen LogP contribution in [0.15, 0.2) is 30.3 Å². The monoisotopic (exact) mass is 297 g/mol. The van der Waals surface area contributed by atoms with Crippen LogP contribution >= 0.6 is 15.9 Å². The van der Waals surface area contributed by atoms with E-state index < -0.39 is 4.32 Å². The van der Waals surface area contributed by atoms with E-state index in [1.165, 1.54) is 11.8 Å². The Balaban J connectivity index is 3.01. The molecule has 0 heterocycles. The number of amides is 1. The molecule has 0 spiro atoms. The van der Waals surface area contributed by atoms with Gasteiger partial charge in [-0.05, 0) is 25.5 Å². The van der Waals surface area contributed by atoms with Gasteiger partial charge < -0.3 is 4.90 Å². The molecular formula is C13H16BrNO2. The molecule has 1 rings (SSSR count). The summed E-state index contributed by atoms with van der Waals surface area (Å²) in [6.07, 6.45) is 0.429. The maximum absolute atomic E-state index is 12.3. The van der Waals surface area contributed by atoms with E-state index >= 15 is 0 Å². The Hall–Kier alpha value is -1.16. The lowest BCUT2D eigenvalue weighted by Crippen LogP contribution is -2.47. The van der Waals surface area contributed by atoms with E-state index in [0.717, 1.165) is 5.69 Å². The fourth-order valence-corrected chi connectivity index (χ4v) is 1.85. The van der Waals surface area contributed by atoms with Crippen molar-refractivity contribution in [3.05, 3.63) is 30.3 Å². The van der Waals surface area contributed by atoms with E-state index in [-0.39, 0.29) is 11.7 Å². The highest BCUT2D eigenvalue weighted by Gasteiger charge is 2.41. The second kappa shape index (κ2) is 5.45. The molecule has 1 unspecified atom stereocenters. The predicted octanol–water partition coefficient (Wildman–Crippen LogP) is 2.78. The van der Waals surface area contributed by atoms with E-state index in [9.17, 15) is 9.59 Å². The van der Waals surface area contributed by atoms with Crippen LogP contribution in [0.1, 0.15) is 20.3 Å². The van der Waals surface area contributed by atoms with Gasteiger partial charge in [-0.1, -0.05) is 41.1 Å². The number of carbonyl (C=O) groups excluding carboxylic acids is 2. The smallest absolute Gasteiger partial charge is 0.251 e. The Morgan fingerprint density at radius 3 is 2.24 bits per heavy atom. The van der Waals surface area contributed by atoms with Crippen molar-refractivity contribution in [2.24, 2.45) is 0 Å².